The van der Waals surface area contributed by atoms with Crippen LogP contribution in [-0.2, 0) is 29.5 Å². The average Bonchev–Trinajstić information content (AvgIpc) is 3.65. The van der Waals surface area contributed by atoms with Crippen LogP contribution in [0.4, 0.5) is 18.9 Å². The standard InChI is InChI=1S/C34H38F3N5O3/c1-4-41-21-38-31-27(41)17-23(18-28(31)42-15-9-14-30(42)44)32(45)40-26(16-22-10-6-5-7-11-22)29(43)20-39-33(2,3)24-12-8-13-25(19-24)34(35,36)37/h5-8,10-13,17-19,21,26,29,39,43H,4,9,14-16,20H2,1-3H3,(H,40,45)/t26-,29-/m0/s1. The van der Waals surface area contributed by atoms with Crippen LogP contribution in [0, 0.1) is 0 Å². The van der Waals surface area contributed by atoms with E-state index in [0.29, 0.717) is 48.3 Å². The van der Waals surface area contributed by atoms with Crippen LogP contribution in [0.2, 0.25) is 0 Å². The molecular weight excluding hydrogens is 583 g/mol. The van der Waals surface area contributed by atoms with Crippen molar-refractivity contribution in [2.24, 2.45) is 0 Å². The molecule has 0 bridgehead atoms. The van der Waals surface area contributed by atoms with Crippen LogP contribution in [0.1, 0.15) is 60.7 Å². The molecule has 8 nitrogen and oxygen atoms in total. The van der Waals surface area contributed by atoms with Gasteiger partial charge in [-0.15, -0.1) is 0 Å². The Bertz CT molecular complexity index is 1670. The molecule has 1 saturated heterocycles. The zero-order valence-electron chi connectivity index (χ0n) is 25.6. The molecule has 238 valence electrons. The minimum Gasteiger partial charge on any atom is -0.390 e. The number of hydrogen-bond donors (Lipinski definition) is 3. The fourth-order valence-corrected chi connectivity index (χ4v) is 5.73. The van der Waals surface area contributed by atoms with E-state index in [2.05, 4.69) is 15.6 Å². The molecule has 2 heterocycles. The third kappa shape index (κ3) is 7.20. The second kappa shape index (κ2) is 13.0. The summed E-state index contributed by atoms with van der Waals surface area (Å²) in [5.41, 5.74) is 1.92. The van der Waals surface area contributed by atoms with Crippen molar-refractivity contribution in [1.29, 1.82) is 0 Å². The number of hydrogen-bond acceptors (Lipinski definition) is 5. The molecule has 2 amide bonds. The molecule has 11 heteroatoms. The molecule has 0 unspecified atom stereocenters. The average molecular weight is 622 g/mol. The molecule has 1 aliphatic rings. The minimum absolute atomic E-state index is 0.00377. The van der Waals surface area contributed by atoms with Gasteiger partial charge in [-0.3, -0.25) is 9.59 Å². The van der Waals surface area contributed by atoms with E-state index in [-0.39, 0.29) is 12.5 Å². The van der Waals surface area contributed by atoms with Crippen LogP contribution in [0.3, 0.4) is 0 Å². The molecule has 0 spiro atoms. The highest BCUT2D eigenvalue weighted by Gasteiger charge is 2.33. The highest BCUT2D eigenvalue weighted by atomic mass is 19.4. The first-order valence-electron chi connectivity index (χ1n) is 15.1. The largest absolute Gasteiger partial charge is 0.416 e. The van der Waals surface area contributed by atoms with Crippen LogP contribution in [0.25, 0.3) is 11.0 Å². The molecule has 5 rings (SSSR count). The summed E-state index contributed by atoms with van der Waals surface area (Å²) in [5.74, 6) is -0.447. The maximum Gasteiger partial charge on any atom is 0.416 e. The zero-order valence-corrected chi connectivity index (χ0v) is 25.6. The van der Waals surface area contributed by atoms with Crippen molar-refractivity contribution in [3.8, 4) is 0 Å². The number of nitrogens with zero attached hydrogens (tertiary/aromatic N) is 3. The number of nitrogens with one attached hydrogen (secondary N) is 2. The highest BCUT2D eigenvalue weighted by molar-refractivity contribution is 6.07. The second-order valence-corrected chi connectivity index (χ2v) is 12.0. The monoisotopic (exact) mass is 621 g/mol. The number of aliphatic hydroxyl groups excluding tert-OH is 1. The Morgan fingerprint density at radius 2 is 1.78 bits per heavy atom. The lowest BCUT2D eigenvalue weighted by atomic mass is 9.92. The molecular formula is C34H38F3N5O3. The van der Waals surface area contributed by atoms with Gasteiger partial charge in [-0.25, -0.2) is 4.98 Å². The molecule has 3 N–H and O–H groups in total. The van der Waals surface area contributed by atoms with Crippen molar-refractivity contribution in [1.82, 2.24) is 20.2 Å². The maximum atomic E-state index is 13.8. The van der Waals surface area contributed by atoms with Gasteiger partial charge in [-0.1, -0.05) is 42.5 Å². The predicted octanol–water partition coefficient (Wildman–Crippen LogP) is 5.43. The first kappa shape index (κ1) is 32.2. The second-order valence-electron chi connectivity index (χ2n) is 12.0. The number of aromatic nitrogens is 2. The topological polar surface area (TPSA) is 99.5 Å². The van der Waals surface area contributed by atoms with Gasteiger partial charge < -0.3 is 25.2 Å². The van der Waals surface area contributed by atoms with Crippen molar-refractivity contribution in [2.45, 2.75) is 70.4 Å². The Kier molecular flexibility index (Phi) is 9.31. The van der Waals surface area contributed by atoms with Crippen LogP contribution in [0.15, 0.2) is 73.1 Å². The molecule has 0 saturated carbocycles. The number of anilines is 1. The van der Waals surface area contributed by atoms with Gasteiger partial charge in [0.2, 0.25) is 5.91 Å². The van der Waals surface area contributed by atoms with Crippen LogP contribution < -0.4 is 15.5 Å². The smallest absolute Gasteiger partial charge is 0.390 e. The SMILES string of the molecule is CCn1cnc2c(N3CCCC3=O)cc(C(=O)N[C@@H](Cc3ccccc3)[C@@H](O)CNC(C)(C)c3cccc(C(F)(F)F)c3)cc21. The lowest BCUT2D eigenvalue weighted by Crippen LogP contribution is -2.51. The summed E-state index contributed by atoms with van der Waals surface area (Å²) < 4.78 is 42.0. The van der Waals surface area contributed by atoms with E-state index >= 15 is 0 Å². The number of imidazole rings is 1. The van der Waals surface area contributed by atoms with Gasteiger partial charge in [-0.2, -0.15) is 13.2 Å². The fraction of sp³-hybridized carbons (Fsp3) is 0.382. The number of fused-ring (bicyclic) bond motifs is 1. The van der Waals surface area contributed by atoms with Crippen LogP contribution in [-0.4, -0.2) is 51.7 Å². The summed E-state index contributed by atoms with van der Waals surface area (Å²) in [6.45, 7) is 6.61. The molecule has 2 atom stereocenters. The van der Waals surface area contributed by atoms with E-state index in [4.69, 9.17) is 0 Å². The highest BCUT2D eigenvalue weighted by Crippen LogP contribution is 2.33. The van der Waals surface area contributed by atoms with E-state index in [1.165, 1.54) is 6.07 Å². The third-order valence-electron chi connectivity index (χ3n) is 8.42. The molecule has 45 heavy (non-hydrogen) atoms. The maximum absolute atomic E-state index is 13.8. The van der Waals surface area contributed by atoms with E-state index in [0.717, 1.165) is 29.6 Å². The Labute approximate surface area is 260 Å². The summed E-state index contributed by atoms with van der Waals surface area (Å²) in [4.78, 5) is 32.7. The Hall–Kier alpha value is -4.22. The van der Waals surface area contributed by atoms with Crippen molar-refractivity contribution < 1.29 is 27.9 Å². The summed E-state index contributed by atoms with van der Waals surface area (Å²) in [7, 11) is 0. The molecule has 1 aliphatic heterocycles. The van der Waals surface area contributed by atoms with E-state index in [9.17, 15) is 27.9 Å². The number of carbonyl (C=O) groups excluding carboxylic acids is 2. The van der Waals surface area contributed by atoms with Crippen molar-refractivity contribution in [2.75, 3.05) is 18.0 Å². The predicted molar refractivity (Wildman–Crippen MR) is 167 cm³/mol. The van der Waals surface area contributed by atoms with Crippen molar-refractivity contribution in [3.63, 3.8) is 0 Å². The number of benzene rings is 3. The van der Waals surface area contributed by atoms with Gasteiger partial charge in [0, 0.05) is 37.2 Å². The number of alkyl halides is 3. The zero-order chi connectivity index (χ0) is 32.4. The van der Waals surface area contributed by atoms with Gasteiger partial charge >= 0.3 is 6.18 Å². The molecule has 0 radical (unpaired) electrons. The van der Waals surface area contributed by atoms with E-state index in [1.54, 1.807) is 43.3 Å². The molecule has 0 aliphatic carbocycles. The summed E-state index contributed by atoms with van der Waals surface area (Å²) in [6, 6.07) is 17.2. The van der Waals surface area contributed by atoms with Gasteiger partial charge in [0.1, 0.15) is 5.52 Å². The summed E-state index contributed by atoms with van der Waals surface area (Å²) in [5, 5.41) is 17.6. The molecule has 1 aromatic heterocycles. The number of rotatable bonds is 11. The quantitative estimate of drug-likeness (QED) is 0.208. The van der Waals surface area contributed by atoms with Crippen LogP contribution in [0.5, 0.6) is 0 Å². The number of carbonyl (C=O) groups is 2. The fourth-order valence-electron chi connectivity index (χ4n) is 5.73. The Morgan fingerprint density at radius 1 is 1.04 bits per heavy atom. The number of amides is 2. The first-order chi connectivity index (χ1) is 21.4. The van der Waals surface area contributed by atoms with Gasteiger partial charge in [-0.05, 0) is 69.0 Å². The van der Waals surface area contributed by atoms with Crippen LogP contribution >= 0.6 is 0 Å². The Morgan fingerprint density at radius 3 is 2.44 bits per heavy atom. The van der Waals surface area contributed by atoms with Crippen molar-refractivity contribution >= 4 is 28.5 Å². The third-order valence-corrected chi connectivity index (χ3v) is 8.42. The molecule has 4 aromatic rings. The Balaban J connectivity index is 1.40. The number of halogens is 3. The van der Waals surface area contributed by atoms with E-state index in [1.807, 2.05) is 41.8 Å². The normalized spacial score (nSPS) is 15.4. The van der Waals surface area contributed by atoms with Crippen molar-refractivity contribution in [3.05, 3.63) is 95.3 Å². The van der Waals surface area contributed by atoms with Gasteiger partial charge in [0.25, 0.3) is 5.91 Å². The number of aryl methyl sites for hydroxylation is 1. The summed E-state index contributed by atoms with van der Waals surface area (Å²) in [6.07, 6.45) is -2.41. The van der Waals surface area contributed by atoms with Gasteiger partial charge in [0.05, 0.1) is 35.2 Å². The van der Waals surface area contributed by atoms with E-state index < -0.39 is 35.3 Å². The molecule has 1 fully saturated rings. The molecule has 3 aromatic carbocycles. The number of aliphatic hydroxyl groups is 1. The lowest BCUT2D eigenvalue weighted by Gasteiger charge is -2.31. The summed E-state index contributed by atoms with van der Waals surface area (Å²) >= 11 is 0. The lowest BCUT2D eigenvalue weighted by molar-refractivity contribution is -0.137. The first-order valence-corrected chi connectivity index (χ1v) is 15.1. The minimum atomic E-state index is -4.48. The van der Waals surface area contributed by atoms with Gasteiger partial charge in [0.15, 0.2) is 0 Å².